The Labute approximate surface area is 119 Å². The third-order valence-electron chi connectivity index (χ3n) is 3.00. The third-order valence-corrected chi connectivity index (χ3v) is 3.31. The van der Waals surface area contributed by atoms with Gasteiger partial charge in [0.15, 0.2) is 0 Å². The summed E-state index contributed by atoms with van der Waals surface area (Å²) in [6.07, 6.45) is -2.29. The predicted molar refractivity (Wildman–Crippen MR) is 70.7 cm³/mol. The van der Waals surface area contributed by atoms with Crippen LogP contribution in [0.25, 0.3) is 0 Å². The van der Waals surface area contributed by atoms with Crippen LogP contribution < -0.4 is 10.6 Å². The van der Waals surface area contributed by atoms with Crippen LogP contribution in [0.5, 0.6) is 0 Å². The number of benzene rings is 1. The summed E-state index contributed by atoms with van der Waals surface area (Å²) in [5.41, 5.74) is -1.33. The zero-order valence-electron chi connectivity index (χ0n) is 10.6. The SMILES string of the molecule is O=C(CNCC1CC1)Nc1c(Cl)cccc1C(F)(F)F. The van der Waals surface area contributed by atoms with E-state index >= 15 is 0 Å². The van der Waals surface area contributed by atoms with Crippen molar-refractivity contribution in [3.8, 4) is 0 Å². The number of para-hydroxylation sites is 1. The van der Waals surface area contributed by atoms with E-state index in [1.807, 2.05) is 0 Å². The highest BCUT2D eigenvalue weighted by Crippen LogP contribution is 2.38. The molecule has 2 rings (SSSR count). The quantitative estimate of drug-likeness (QED) is 0.876. The first-order chi connectivity index (χ1) is 9.38. The molecule has 3 nitrogen and oxygen atoms in total. The molecular formula is C13H14ClF3N2O. The van der Waals surface area contributed by atoms with Crippen LogP contribution >= 0.6 is 11.6 Å². The lowest BCUT2D eigenvalue weighted by Gasteiger charge is -2.15. The van der Waals surface area contributed by atoms with Crippen molar-refractivity contribution in [1.82, 2.24) is 5.32 Å². The molecule has 0 spiro atoms. The van der Waals surface area contributed by atoms with E-state index in [-0.39, 0.29) is 17.3 Å². The van der Waals surface area contributed by atoms with E-state index in [1.165, 1.54) is 12.1 Å². The van der Waals surface area contributed by atoms with Crippen molar-refractivity contribution in [2.75, 3.05) is 18.4 Å². The van der Waals surface area contributed by atoms with Crippen LogP contribution in [-0.4, -0.2) is 19.0 Å². The lowest BCUT2D eigenvalue weighted by molar-refractivity contribution is -0.137. The number of hydrogen-bond acceptors (Lipinski definition) is 2. The fraction of sp³-hybridized carbons (Fsp3) is 0.462. The fourth-order valence-electron chi connectivity index (χ4n) is 1.78. The topological polar surface area (TPSA) is 41.1 Å². The number of alkyl halides is 3. The lowest BCUT2D eigenvalue weighted by Crippen LogP contribution is -2.30. The van der Waals surface area contributed by atoms with Gasteiger partial charge in [-0.3, -0.25) is 4.79 Å². The molecule has 1 aromatic rings. The standard InChI is InChI=1S/C13H14ClF3N2O/c14-10-3-1-2-9(13(15,16)17)12(10)19-11(20)7-18-6-8-4-5-8/h1-3,8,18H,4-7H2,(H,19,20). The zero-order valence-corrected chi connectivity index (χ0v) is 11.3. The van der Waals surface area contributed by atoms with Crippen LogP contribution in [0.4, 0.5) is 18.9 Å². The van der Waals surface area contributed by atoms with Crippen molar-refractivity contribution in [2.45, 2.75) is 19.0 Å². The molecule has 0 atom stereocenters. The molecule has 1 aromatic carbocycles. The second-order valence-corrected chi connectivity index (χ2v) is 5.19. The van der Waals surface area contributed by atoms with Crippen LogP contribution in [0.2, 0.25) is 5.02 Å². The van der Waals surface area contributed by atoms with Crippen molar-refractivity contribution in [3.05, 3.63) is 28.8 Å². The molecule has 2 N–H and O–H groups in total. The maximum Gasteiger partial charge on any atom is 0.418 e. The van der Waals surface area contributed by atoms with Crippen LogP contribution in [0.15, 0.2) is 18.2 Å². The van der Waals surface area contributed by atoms with E-state index in [0.29, 0.717) is 12.5 Å². The second-order valence-electron chi connectivity index (χ2n) is 4.78. The normalized spacial score (nSPS) is 15.2. The van der Waals surface area contributed by atoms with Gasteiger partial charge in [-0.05, 0) is 37.4 Å². The first-order valence-corrected chi connectivity index (χ1v) is 6.62. The maximum atomic E-state index is 12.8. The highest BCUT2D eigenvalue weighted by atomic mass is 35.5. The van der Waals surface area contributed by atoms with E-state index in [2.05, 4.69) is 10.6 Å². The summed E-state index contributed by atoms with van der Waals surface area (Å²) >= 11 is 5.74. The zero-order chi connectivity index (χ0) is 14.8. The summed E-state index contributed by atoms with van der Waals surface area (Å²) in [6.45, 7) is 0.682. The monoisotopic (exact) mass is 306 g/mol. The van der Waals surface area contributed by atoms with Crippen molar-refractivity contribution < 1.29 is 18.0 Å². The Bertz CT molecular complexity index is 501. The highest BCUT2D eigenvalue weighted by Gasteiger charge is 2.34. The Morgan fingerprint density at radius 1 is 1.35 bits per heavy atom. The van der Waals surface area contributed by atoms with Crippen LogP contribution in [0, 0.1) is 5.92 Å². The third kappa shape index (κ3) is 4.11. The van der Waals surface area contributed by atoms with E-state index in [4.69, 9.17) is 11.6 Å². The van der Waals surface area contributed by atoms with E-state index in [0.717, 1.165) is 18.9 Å². The molecular weight excluding hydrogens is 293 g/mol. The summed E-state index contributed by atoms with van der Waals surface area (Å²) < 4.78 is 38.5. The number of carbonyl (C=O) groups excluding carboxylic acids is 1. The van der Waals surface area contributed by atoms with Gasteiger partial charge in [0.05, 0.1) is 22.8 Å². The molecule has 0 radical (unpaired) electrons. The summed E-state index contributed by atoms with van der Waals surface area (Å²) in [5, 5.41) is 5.01. The van der Waals surface area contributed by atoms with Gasteiger partial charge in [0.2, 0.25) is 5.91 Å². The maximum absolute atomic E-state index is 12.8. The first-order valence-electron chi connectivity index (χ1n) is 6.24. The minimum Gasteiger partial charge on any atom is -0.323 e. The molecule has 0 unspecified atom stereocenters. The first kappa shape index (κ1) is 15.1. The number of nitrogens with one attached hydrogen (secondary N) is 2. The highest BCUT2D eigenvalue weighted by molar-refractivity contribution is 6.34. The Hall–Kier alpha value is -1.27. The van der Waals surface area contributed by atoms with Crippen molar-refractivity contribution >= 4 is 23.2 Å². The minimum absolute atomic E-state index is 0.0287. The van der Waals surface area contributed by atoms with Gasteiger partial charge in [0.1, 0.15) is 0 Å². The van der Waals surface area contributed by atoms with Gasteiger partial charge in [-0.15, -0.1) is 0 Å². The van der Waals surface area contributed by atoms with Gasteiger partial charge in [-0.2, -0.15) is 13.2 Å². The molecule has 110 valence electrons. The molecule has 1 amide bonds. The van der Waals surface area contributed by atoms with Crippen molar-refractivity contribution in [1.29, 1.82) is 0 Å². The molecule has 0 heterocycles. The molecule has 20 heavy (non-hydrogen) atoms. The summed E-state index contributed by atoms with van der Waals surface area (Å²) in [5.74, 6) is 0.0538. The largest absolute Gasteiger partial charge is 0.418 e. The molecule has 1 aliphatic carbocycles. The Morgan fingerprint density at radius 3 is 2.65 bits per heavy atom. The predicted octanol–water partition coefficient (Wildman–Crippen LogP) is 3.30. The fourth-order valence-corrected chi connectivity index (χ4v) is 2.00. The average Bonchev–Trinajstić information content (AvgIpc) is 3.14. The smallest absolute Gasteiger partial charge is 0.323 e. The van der Waals surface area contributed by atoms with E-state index in [1.54, 1.807) is 0 Å². The molecule has 0 aliphatic heterocycles. The van der Waals surface area contributed by atoms with Crippen molar-refractivity contribution in [2.24, 2.45) is 5.92 Å². The van der Waals surface area contributed by atoms with Crippen molar-refractivity contribution in [3.63, 3.8) is 0 Å². The van der Waals surface area contributed by atoms with Gasteiger partial charge in [-0.25, -0.2) is 0 Å². The van der Waals surface area contributed by atoms with Crippen LogP contribution in [0.3, 0.4) is 0 Å². The number of rotatable bonds is 5. The lowest BCUT2D eigenvalue weighted by atomic mass is 10.1. The van der Waals surface area contributed by atoms with E-state index < -0.39 is 17.6 Å². The van der Waals surface area contributed by atoms with Gasteiger partial charge in [0, 0.05) is 0 Å². The molecule has 0 bridgehead atoms. The number of halogens is 4. The van der Waals surface area contributed by atoms with Gasteiger partial charge in [-0.1, -0.05) is 17.7 Å². The molecule has 1 saturated carbocycles. The molecule has 0 aromatic heterocycles. The minimum atomic E-state index is -4.56. The Balaban J connectivity index is 2.01. The number of amides is 1. The Morgan fingerprint density at radius 2 is 2.05 bits per heavy atom. The second kappa shape index (κ2) is 6.01. The number of anilines is 1. The summed E-state index contributed by atoms with van der Waals surface area (Å²) in [4.78, 5) is 11.6. The van der Waals surface area contributed by atoms with Gasteiger partial charge >= 0.3 is 6.18 Å². The van der Waals surface area contributed by atoms with Gasteiger partial charge < -0.3 is 10.6 Å². The molecule has 1 fully saturated rings. The van der Waals surface area contributed by atoms with Crippen LogP contribution in [0.1, 0.15) is 18.4 Å². The Kier molecular flexibility index (Phi) is 4.55. The summed E-state index contributed by atoms with van der Waals surface area (Å²) in [7, 11) is 0. The molecule has 1 aliphatic rings. The van der Waals surface area contributed by atoms with E-state index in [9.17, 15) is 18.0 Å². The molecule has 0 saturated heterocycles. The molecule has 7 heteroatoms. The number of hydrogen-bond donors (Lipinski definition) is 2. The van der Waals surface area contributed by atoms with Crippen LogP contribution in [-0.2, 0) is 11.0 Å². The average molecular weight is 307 g/mol. The summed E-state index contributed by atoms with van der Waals surface area (Å²) in [6, 6.07) is 3.40. The van der Waals surface area contributed by atoms with Gasteiger partial charge in [0.25, 0.3) is 0 Å². The number of carbonyl (C=O) groups is 1.